The monoisotopic (exact) mass is 532 g/mol. The summed E-state index contributed by atoms with van der Waals surface area (Å²) in [4.78, 5) is 29.1. The number of aromatic nitrogens is 2. The Labute approximate surface area is 228 Å². The van der Waals surface area contributed by atoms with Gasteiger partial charge in [0.25, 0.3) is 0 Å². The minimum Gasteiger partial charge on any atom is -0.508 e. The predicted molar refractivity (Wildman–Crippen MR) is 151 cm³/mol. The number of aromatic hydroxyl groups is 1. The van der Waals surface area contributed by atoms with E-state index in [0.717, 1.165) is 59.3 Å². The molecule has 2 aromatic carbocycles. The number of carbonyl (C=O) groups is 1. The summed E-state index contributed by atoms with van der Waals surface area (Å²) in [6.45, 7) is 4.42. The number of piperazine rings is 1. The molecular formula is C29H36N6O4. The Morgan fingerprint density at radius 3 is 2.77 bits per heavy atom. The average molecular weight is 533 g/mol. The third kappa shape index (κ3) is 5.91. The molecule has 0 radical (unpaired) electrons. The summed E-state index contributed by atoms with van der Waals surface area (Å²) in [5.41, 5.74) is 2.97. The molecule has 206 valence electrons. The van der Waals surface area contributed by atoms with Gasteiger partial charge in [-0.25, -0.2) is 0 Å². The van der Waals surface area contributed by atoms with Gasteiger partial charge in [-0.3, -0.25) is 4.79 Å². The van der Waals surface area contributed by atoms with E-state index >= 15 is 0 Å². The Kier molecular flexibility index (Phi) is 8.13. The number of phenolic OH excluding ortho intramolecular Hbond substituents is 1. The van der Waals surface area contributed by atoms with Gasteiger partial charge in [-0.15, -0.1) is 0 Å². The van der Waals surface area contributed by atoms with E-state index in [9.17, 15) is 15.0 Å². The van der Waals surface area contributed by atoms with E-state index in [1.165, 1.54) is 6.08 Å². The summed E-state index contributed by atoms with van der Waals surface area (Å²) in [5.74, 6) is 1.08. The van der Waals surface area contributed by atoms with Crippen molar-refractivity contribution in [2.75, 3.05) is 69.8 Å². The second-order valence-corrected chi connectivity index (χ2v) is 10.3. The number of benzene rings is 2. The number of hydrogen-bond acceptors (Lipinski definition) is 10. The second-order valence-electron chi connectivity index (χ2n) is 10.3. The quantitative estimate of drug-likeness (QED) is 0.314. The van der Waals surface area contributed by atoms with Gasteiger partial charge in [0, 0.05) is 61.6 Å². The number of phenols is 1. The number of allylic oxidation sites excluding steroid dienone is 1. The lowest BCUT2D eigenvalue weighted by Gasteiger charge is -2.42. The van der Waals surface area contributed by atoms with Crippen molar-refractivity contribution in [2.45, 2.75) is 19.0 Å². The molecule has 1 aromatic heterocycles. The zero-order chi connectivity index (χ0) is 27.4. The van der Waals surface area contributed by atoms with Crippen molar-refractivity contribution in [1.29, 1.82) is 0 Å². The number of ether oxygens (including phenoxy) is 1. The van der Waals surface area contributed by atoms with Gasteiger partial charge >= 0.3 is 6.01 Å². The van der Waals surface area contributed by atoms with E-state index in [2.05, 4.69) is 15.9 Å². The molecule has 2 aliphatic rings. The molecule has 3 aromatic rings. The molecule has 2 aliphatic heterocycles. The Bertz CT molecular complexity index is 1350. The number of aliphatic hydroxyl groups is 1. The van der Waals surface area contributed by atoms with Crippen LogP contribution in [-0.4, -0.2) is 102 Å². The van der Waals surface area contributed by atoms with Crippen LogP contribution in [0, 0.1) is 0 Å². The molecule has 5 rings (SSSR count). The highest BCUT2D eigenvalue weighted by Crippen LogP contribution is 2.36. The van der Waals surface area contributed by atoms with Gasteiger partial charge in [0.15, 0.2) is 0 Å². The molecule has 0 unspecified atom stereocenters. The van der Waals surface area contributed by atoms with Crippen molar-refractivity contribution >= 4 is 28.6 Å². The van der Waals surface area contributed by atoms with Crippen molar-refractivity contribution in [3.05, 3.63) is 59.9 Å². The standard InChI is InChI=1S/C29H36N6O4/c1-32(2)13-15-39-29-30-26-19-34(27-17-23(38)16-21-6-3-4-7-24(21)27)10-8-25(26)28(31-29)35-12-11-33(9-5-14-36)22(18-35)20-37/h3-7,9,14,16-17,22,37-38H,8,10-13,15,18-20H2,1-2H3/t22-/m1/s1. The minimum atomic E-state index is -0.155. The molecular weight excluding hydrogens is 496 g/mol. The molecule has 10 nitrogen and oxygen atoms in total. The van der Waals surface area contributed by atoms with Crippen LogP contribution in [0.2, 0.25) is 0 Å². The summed E-state index contributed by atoms with van der Waals surface area (Å²) in [6, 6.07) is 11.9. The summed E-state index contributed by atoms with van der Waals surface area (Å²) in [6.07, 6.45) is 4.69. The number of nitrogens with zero attached hydrogens (tertiary/aromatic N) is 6. The third-order valence-corrected chi connectivity index (χ3v) is 7.35. The first-order chi connectivity index (χ1) is 19.0. The maximum absolute atomic E-state index is 10.8. The number of hydrogen-bond donors (Lipinski definition) is 2. The van der Waals surface area contributed by atoms with Crippen molar-refractivity contribution in [1.82, 2.24) is 19.8 Å². The van der Waals surface area contributed by atoms with Crippen LogP contribution in [0.5, 0.6) is 11.8 Å². The number of aldehydes is 1. The number of aliphatic hydroxyl groups excluding tert-OH is 1. The van der Waals surface area contributed by atoms with Crippen LogP contribution in [0.4, 0.5) is 11.5 Å². The minimum absolute atomic E-state index is 0.0302. The largest absolute Gasteiger partial charge is 0.508 e. The second kappa shape index (κ2) is 11.9. The highest BCUT2D eigenvalue weighted by atomic mass is 16.5. The van der Waals surface area contributed by atoms with Crippen molar-refractivity contribution in [3.8, 4) is 11.8 Å². The van der Waals surface area contributed by atoms with Gasteiger partial charge < -0.3 is 34.5 Å². The molecule has 1 atom stereocenters. The Hall–Kier alpha value is -3.89. The van der Waals surface area contributed by atoms with Crippen molar-refractivity contribution < 1.29 is 19.7 Å². The smallest absolute Gasteiger partial charge is 0.318 e. The highest BCUT2D eigenvalue weighted by Gasteiger charge is 2.31. The number of likely N-dealkylation sites (N-methyl/N-ethyl adjacent to an activating group) is 1. The highest BCUT2D eigenvalue weighted by molar-refractivity contribution is 5.95. The van der Waals surface area contributed by atoms with Crippen LogP contribution in [0.25, 0.3) is 10.8 Å². The fourth-order valence-electron chi connectivity index (χ4n) is 5.34. The summed E-state index contributed by atoms with van der Waals surface area (Å²) < 4.78 is 6.01. The molecule has 0 aliphatic carbocycles. The topological polar surface area (TPSA) is 106 Å². The van der Waals surface area contributed by atoms with Crippen molar-refractivity contribution in [3.63, 3.8) is 0 Å². The van der Waals surface area contributed by atoms with Crippen LogP contribution in [0.15, 0.2) is 48.7 Å². The molecule has 1 fully saturated rings. The average Bonchev–Trinajstić information content (AvgIpc) is 2.94. The van der Waals surface area contributed by atoms with Gasteiger partial charge in [-0.05, 0) is 38.0 Å². The number of anilines is 2. The van der Waals surface area contributed by atoms with Gasteiger partial charge in [0.1, 0.15) is 24.5 Å². The zero-order valence-corrected chi connectivity index (χ0v) is 22.5. The fraction of sp³-hybridized carbons (Fsp3) is 0.414. The van der Waals surface area contributed by atoms with E-state index in [1.807, 2.05) is 48.2 Å². The molecule has 0 bridgehead atoms. The van der Waals surface area contributed by atoms with Gasteiger partial charge in [-0.1, -0.05) is 24.3 Å². The summed E-state index contributed by atoms with van der Waals surface area (Å²) in [7, 11) is 3.99. The first-order valence-corrected chi connectivity index (χ1v) is 13.3. The predicted octanol–water partition coefficient (Wildman–Crippen LogP) is 2.03. The SMILES string of the molecule is CN(C)CCOc1nc2c(c(N3CCN(C=CC=O)[C@@H](CO)C3)n1)CCN(c1cc(O)cc3ccccc13)C2. The molecule has 0 saturated carbocycles. The van der Waals surface area contributed by atoms with Gasteiger partial charge in [0.05, 0.1) is 24.9 Å². The lowest BCUT2D eigenvalue weighted by atomic mass is 10.0. The van der Waals surface area contributed by atoms with Gasteiger partial charge in [-0.2, -0.15) is 9.97 Å². The maximum atomic E-state index is 10.8. The number of rotatable bonds is 9. The molecule has 0 spiro atoms. The third-order valence-electron chi connectivity index (χ3n) is 7.35. The summed E-state index contributed by atoms with van der Waals surface area (Å²) in [5, 5.41) is 22.6. The van der Waals surface area contributed by atoms with Crippen LogP contribution >= 0.6 is 0 Å². The first kappa shape index (κ1) is 26.7. The molecule has 2 N–H and O–H groups in total. The molecule has 1 saturated heterocycles. The Morgan fingerprint density at radius 2 is 1.97 bits per heavy atom. The zero-order valence-electron chi connectivity index (χ0n) is 22.5. The van der Waals surface area contributed by atoms with E-state index in [4.69, 9.17) is 14.7 Å². The number of carbonyl (C=O) groups excluding carboxylic acids is 1. The van der Waals surface area contributed by atoms with E-state index in [-0.39, 0.29) is 18.4 Å². The van der Waals surface area contributed by atoms with Crippen LogP contribution in [0.3, 0.4) is 0 Å². The van der Waals surface area contributed by atoms with Crippen LogP contribution in [0.1, 0.15) is 11.3 Å². The summed E-state index contributed by atoms with van der Waals surface area (Å²) >= 11 is 0. The molecule has 0 amide bonds. The normalized spacial score (nSPS) is 17.7. The van der Waals surface area contributed by atoms with Crippen LogP contribution < -0.4 is 14.5 Å². The lowest BCUT2D eigenvalue weighted by Crippen LogP contribution is -2.53. The van der Waals surface area contributed by atoms with Crippen LogP contribution in [-0.2, 0) is 17.8 Å². The van der Waals surface area contributed by atoms with E-state index in [0.29, 0.717) is 38.8 Å². The van der Waals surface area contributed by atoms with Gasteiger partial charge in [0.2, 0.25) is 0 Å². The molecule has 39 heavy (non-hydrogen) atoms. The molecule has 10 heteroatoms. The first-order valence-electron chi connectivity index (χ1n) is 13.3. The van der Waals surface area contributed by atoms with E-state index < -0.39 is 0 Å². The lowest BCUT2D eigenvalue weighted by molar-refractivity contribution is -0.104. The van der Waals surface area contributed by atoms with Crippen molar-refractivity contribution in [2.24, 2.45) is 0 Å². The fourth-order valence-corrected chi connectivity index (χ4v) is 5.34. The Morgan fingerprint density at radius 1 is 1.13 bits per heavy atom. The molecule has 3 heterocycles. The number of fused-ring (bicyclic) bond motifs is 2. The Balaban J connectivity index is 1.47. The van der Waals surface area contributed by atoms with E-state index in [1.54, 1.807) is 12.3 Å². The maximum Gasteiger partial charge on any atom is 0.318 e.